The van der Waals surface area contributed by atoms with Gasteiger partial charge in [0.25, 0.3) is 0 Å². The van der Waals surface area contributed by atoms with E-state index in [4.69, 9.17) is 0 Å². The van der Waals surface area contributed by atoms with E-state index in [1.165, 1.54) is 29.8 Å². The second-order valence-electron chi connectivity index (χ2n) is 6.26. The molecular formula is C18H21NO3S. The Balaban J connectivity index is 1.94. The van der Waals surface area contributed by atoms with Crippen molar-refractivity contribution in [1.29, 1.82) is 0 Å². The first-order valence-corrected chi connectivity index (χ1v) is 9.19. The Kier molecular flexibility index (Phi) is 4.17. The summed E-state index contributed by atoms with van der Waals surface area (Å²) in [6.07, 6.45) is 1.11. The Morgan fingerprint density at radius 3 is 2.30 bits per heavy atom. The van der Waals surface area contributed by atoms with Crippen molar-refractivity contribution in [3.63, 3.8) is 0 Å². The molecule has 3 rings (SSSR count). The van der Waals surface area contributed by atoms with Gasteiger partial charge in [0, 0.05) is 6.54 Å². The number of likely N-dealkylation sites (tertiary alicyclic amines) is 1. The minimum atomic E-state index is -3.55. The molecule has 1 N–H and O–H groups in total. The first-order chi connectivity index (χ1) is 10.9. The molecule has 0 bridgehead atoms. The minimum absolute atomic E-state index is 0.0563. The quantitative estimate of drug-likeness (QED) is 0.939. The lowest BCUT2D eigenvalue weighted by Crippen LogP contribution is -2.13. The number of sulfone groups is 1. The standard InChI is InChI=1S/C18H21NO3S/c1-13-11-17(7-8-18(13)14-9-10-19(2)12-14)23(21,22)16-5-3-15(20)4-6-16/h3-8,11,14,20H,9-10,12H2,1-2H3. The van der Waals surface area contributed by atoms with E-state index in [1.54, 1.807) is 12.1 Å². The summed E-state index contributed by atoms with van der Waals surface area (Å²) in [5, 5.41) is 9.32. The molecule has 0 radical (unpaired) electrons. The van der Waals surface area contributed by atoms with E-state index in [1.807, 2.05) is 13.0 Å². The van der Waals surface area contributed by atoms with Gasteiger partial charge in [0.05, 0.1) is 9.79 Å². The molecule has 2 aromatic carbocycles. The number of aromatic hydroxyl groups is 1. The predicted molar refractivity (Wildman–Crippen MR) is 89.6 cm³/mol. The molecule has 1 atom stereocenters. The van der Waals surface area contributed by atoms with E-state index in [2.05, 4.69) is 11.9 Å². The minimum Gasteiger partial charge on any atom is -0.508 e. The number of rotatable bonds is 3. The van der Waals surface area contributed by atoms with Crippen LogP contribution in [0.15, 0.2) is 52.3 Å². The normalized spacial score (nSPS) is 19.1. The molecule has 1 heterocycles. The van der Waals surface area contributed by atoms with Crippen LogP contribution in [0.1, 0.15) is 23.5 Å². The molecule has 0 aliphatic carbocycles. The van der Waals surface area contributed by atoms with Crippen molar-refractivity contribution in [2.75, 3.05) is 20.1 Å². The molecule has 1 unspecified atom stereocenters. The summed E-state index contributed by atoms with van der Waals surface area (Å²) in [7, 11) is -1.44. The van der Waals surface area contributed by atoms with Crippen molar-refractivity contribution >= 4 is 9.84 Å². The number of phenolic OH excluding ortho intramolecular Hbond substituents is 1. The molecule has 2 aromatic rings. The lowest BCUT2D eigenvalue weighted by molar-refractivity contribution is 0.411. The lowest BCUT2D eigenvalue weighted by Gasteiger charge is -2.15. The first-order valence-electron chi connectivity index (χ1n) is 7.71. The first kappa shape index (κ1) is 16.0. The van der Waals surface area contributed by atoms with Gasteiger partial charge in [-0.05, 0) is 80.4 Å². The molecule has 0 saturated carbocycles. The van der Waals surface area contributed by atoms with Crippen molar-refractivity contribution in [3.8, 4) is 5.75 Å². The number of hydrogen-bond acceptors (Lipinski definition) is 4. The summed E-state index contributed by atoms with van der Waals surface area (Å²) in [5.41, 5.74) is 2.25. The second-order valence-corrected chi connectivity index (χ2v) is 8.21. The maximum atomic E-state index is 12.7. The van der Waals surface area contributed by atoms with Crippen LogP contribution >= 0.6 is 0 Å². The van der Waals surface area contributed by atoms with Crippen molar-refractivity contribution in [3.05, 3.63) is 53.6 Å². The molecule has 0 spiro atoms. The van der Waals surface area contributed by atoms with Crippen molar-refractivity contribution in [2.45, 2.75) is 29.1 Å². The molecule has 122 valence electrons. The fourth-order valence-electron chi connectivity index (χ4n) is 3.22. The summed E-state index contributed by atoms with van der Waals surface area (Å²) < 4.78 is 25.4. The Morgan fingerprint density at radius 1 is 1.09 bits per heavy atom. The van der Waals surface area contributed by atoms with Crippen molar-refractivity contribution in [2.24, 2.45) is 0 Å². The van der Waals surface area contributed by atoms with Crippen LogP contribution in [0.4, 0.5) is 0 Å². The number of nitrogens with zero attached hydrogens (tertiary/aromatic N) is 1. The molecule has 1 aliphatic rings. The van der Waals surface area contributed by atoms with Gasteiger partial charge in [0.1, 0.15) is 5.75 Å². The van der Waals surface area contributed by atoms with Crippen LogP contribution in [-0.4, -0.2) is 38.6 Å². The molecule has 1 saturated heterocycles. The van der Waals surface area contributed by atoms with Crippen molar-refractivity contribution < 1.29 is 13.5 Å². The van der Waals surface area contributed by atoms with Gasteiger partial charge in [0.2, 0.25) is 9.84 Å². The number of benzene rings is 2. The fraction of sp³-hybridized carbons (Fsp3) is 0.333. The van der Waals surface area contributed by atoms with E-state index >= 15 is 0 Å². The van der Waals surface area contributed by atoms with Gasteiger partial charge in [-0.15, -0.1) is 0 Å². The molecule has 5 heteroatoms. The maximum absolute atomic E-state index is 12.7. The average molecular weight is 331 g/mol. The van der Waals surface area contributed by atoms with E-state index in [9.17, 15) is 13.5 Å². The highest BCUT2D eigenvalue weighted by molar-refractivity contribution is 7.91. The smallest absolute Gasteiger partial charge is 0.206 e. The summed E-state index contributed by atoms with van der Waals surface area (Å²) in [6, 6.07) is 11.1. The highest BCUT2D eigenvalue weighted by Gasteiger charge is 2.24. The molecular weight excluding hydrogens is 310 g/mol. The summed E-state index contributed by atoms with van der Waals surface area (Å²) in [6.45, 7) is 4.08. The fourth-order valence-corrected chi connectivity index (χ4v) is 4.57. The zero-order chi connectivity index (χ0) is 16.6. The third-order valence-corrected chi connectivity index (χ3v) is 6.30. The number of phenols is 1. The zero-order valence-electron chi connectivity index (χ0n) is 13.4. The Morgan fingerprint density at radius 2 is 1.74 bits per heavy atom. The Bertz CT molecular complexity index is 813. The van der Waals surface area contributed by atoms with Crippen LogP contribution in [0.5, 0.6) is 5.75 Å². The van der Waals surface area contributed by atoms with Crippen LogP contribution in [0.3, 0.4) is 0 Å². The van der Waals surface area contributed by atoms with E-state index in [0.717, 1.165) is 25.1 Å². The van der Waals surface area contributed by atoms with Gasteiger partial charge < -0.3 is 10.0 Å². The second kappa shape index (κ2) is 5.98. The largest absolute Gasteiger partial charge is 0.508 e. The van der Waals surface area contributed by atoms with E-state index < -0.39 is 9.84 Å². The number of likely N-dealkylation sites (N-methyl/N-ethyl adjacent to an activating group) is 1. The average Bonchev–Trinajstić information content (AvgIpc) is 2.94. The monoisotopic (exact) mass is 331 g/mol. The highest BCUT2D eigenvalue weighted by atomic mass is 32.2. The third kappa shape index (κ3) is 3.12. The SMILES string of the molecule is Cc1cc(S(=O)(=O)c2ccc(O)cc2)ccc1C1CCN(C)C1. The third-order valence-electron chi connectivity index (χ3n) is 4.53. The lowest BCUT2D eigenvalue weighted by atomic mass is 9.94. The summed E-state index contributed by atoms with van der Waals surface area (Å²) >= 11 is 0. The molecule has 0 amide bonds. The van der Waals surface area contributed by atoms with Crippen LogP contribution in [0.25, 0.3) is 0 Å². The van der Waals surface area contributed by atoms with Gasteiger partial charge in [-0.1, -0.05) is 6.07 Å². The van der Waals surface area contributed by atoms with Crippen molar-refractivity contribution in [1.82, 2.24) is 4.90 Å². The van der Waals surface area contributed by atoms with Crippen LogP contribution in [0, 0.1) is 6.92 Å². The Labute approximate surface area is 137 Å². The number of aryl methyl sites for hydroxylation is 1. The molecule has 0 aromatic heterocycles. The predicted octanol–water partition coefficient (Wildman–Crippen LogP) is 2.95. The summed E-state index contributed by atoms with van der Waals surface area (Å²) in [4.78, 5) is 2.80. The van der Waals surface area contributed by atoms with E-state index in [-0.39, 0.29) is 10.6 Å². The summed E-state index contributed by atoms with van der Waals surface area (Å²) in [5.74, 6) is 0.534. The molecule has 4 nitrogen and oxygen atoms in total. The molecule has 1 fully saturated rings. The maximum Gasteiger partial charge on any atom is 0.206 e. The number of hydrogen-bond donors (Lipinski definition) is 1. The van der Waals surface area contributed by atoms with Crippen LogP contribution in [-0.2, 0) is 9.84 Å². The van der Waals surface area contributed by atoms with Gasteiger partial charge in [0.15, 0.2) is 0 Å². The van der Waals surface area contributed by atoms with Crippen LogP contribution in [0.2, 0.25) is 0 Å². The van der Waals surface area contributed by atoms with Gasteiger partial charge in [-0.25, -0.2) is 8.42 Å². The zero-order valence-corrected chi connectivity index (χ0v) is 14.2. The van der Waals surface area contributed by atoms with E-state index in [0.29, 0.717) is 10.8 Å². The molecule has 1 aliphatic heterocycles. The van der Waals surface area contributed by atoms with Gasteiger partial charge in [-0.2, -0.15) is 0 Å². The Hall–Kier alpha value is -1.85. The van der Waals surface area contributed by atoms with Gasteiger partial charge >= 0.3 is 0 Å². The van der Waals surface area contributed by atoms with Crippen LogP contribution < -0.4 is 0 Å². The van der Waals surface area contributed by atoms with Gasteiger partial charge in [-0.3, -0.25) is 0 Å². The highest BCUT2D eigenvalue weighted by Crippen LogP contribution is 2.31. The topological polar surface area (TPSA) is 57.6 Å². The molecule has 23 heavy (non-hydrogen) atoms.